The van der Waals surface area contributed by atoms with Gasteiger partial charge in [-0.3, -0.25) is 4.90 Å². The monoisotopic (exact) mass is 234 g/mol. The molecule has 17 heavy (non-hydrogen) atoms. The highest BCUT2D eigenvalue weighted by Gasteiger charge is 2.20. The zero-order chi connectivity index (χ0) is 12.4. The number of hydrogen-bond acceptors (Lipinski definition) is 4. The molecule has 4 nitrogen and oxygen atoms in total. The molecule has 0 unspecified atom stereocenters. The topological polar surface area (TPSA) is 67.3 Å². The van der Waals surface area contributed by atoms with Crippen LogP contribution in [0.3, 0.4) is 0 Å². The second-order valence-electron chi connectivity index (χ2n) is 5.13. The van der Waals surface area contributed by atoms with Crippen LogP contribution < -0.4 is 16.8 Å². The van der Waals surface area contributed by atoms with E-state index < -0.39 is 0 Å². The quantitative estimate of drug-likeness (QED) is 0.669. The van der Waals surface area contributed by atoms with Crippen molar-refractivity contribution in [2.45, 2.75) is 32.5 Å². The molecule has 5 N–H and O–H groups in total. The molecule has 0 radical (unpaired) electrons. The Hall–Kier alpha value is -1.26. The molecule has 0 saturated carbocycles. The van der Waals surface area contributed by atoms with Crippen molar-refractivity contribution < 1.29 is 0 Å². The maximum Gasteiger partial charge on any atom is 0.0551 e. The van der Waals surface area contributed by atoms with E-state index >= 15 is 0 Å². The molecule has 1 aromatic rings. The molecule has 1 heterocycles. The standard InChI is InChI=1S/C13H22N4/c1-9-6-17(7-10(2)16-9)8-11-3-4-12(14)13(15)5-11/h3-5,9-10,16H,6-8,14-15H2,1-2H3/t9-,10+. The van der Waals surface area contributed by atoms with Crippen LogP contribution in [0, 0.1) is 0 Å². The van der Waals surface area contributed by atoms with Gasteiger partial charge in [0.05, 0.1) is 11.4 Å². The van der Waals surface area contributed by atoms with Crippen LogP contribution in [0.1, 0.15) is 19.4 Å². The smallest absolute Gasteiger partial charge is 0.0551 e. The fourth-order valence-electron chi connectivity index (χ4n) is 2.55. The third-order valence-corrected chi connectivity index (χ3v) is 3.19. The van der Waals surface area contributed by atoms with Gasteiger partial charge < -0.3 is 16.8 Å². The van der Waals surface area contributed by atoms with Crippen LogP contribution in [-0.4, -0.2) is 30.1 Å². The van der Waals surface area contributed by atoms with Crippen LogP contribution in [0.2, 0.25) is 0 Å². The maximum absolute atomic E-state index is 5.82. The van der Waals surface area contributed by atoms with Crippen LogP contribution in [0.15, 0.2) is 18.2 Å². The zero-order valence-corrected chi connectivity index (χ0v) is 10.6. The minimum Gasteiger partial charge on any atom is -0.397 e. The van der Waals surface area contributed by atoms with E-state index in [0.29, 0.717) is 23.5 Å². The van der Waals surface area contributed by atoms with Crippen molar-refractivity contribution in [2.24, 2.45) is 0 Å². The average molecular weight is 234 g/mol. The normalized spacial score (nSPS) is 26.0. The summed E-state index contributed by atoms with van der Waals surface area (Å²) in [4.78, 5) is 2.46. The van der Waals surface area contributed by atoms with Gasteiger partial charge in [0.1, 0.15) is 0 Å². The van der Waals surface area contributed by atoms with E-state index in [1.165, 1.54) is 5.56 Å². The third-order valence-electron chi connectivity index (χ3n) is 3.19. The summed E-state index contributed by atoms with van der Waals surface area (Å²) < 4.78 is 0. The second-order valence-corrected chi connectivity index (χ2v) is 5.13. The Morgan fingerprint density at radius 1 is 1.18 bits per heavy atom. The minimum atomic E-state index is 0.546. The molecule has 2 atom stereocenters. The number of nitrogens with zero attached hydrogens (tertiary/aromatic N) is 1. The molecule has 1 aliphatic heterocycles. The molecular weight excluding hydrogens is 212 g/mol. The highest BCUT2D eigenvalue weighted by molar-refractivity contribution is 5.63. The molecule has 0 bridgehead atoms. The van der Waals surface area contributed by atoms with Crippen molar-refractivity contribution in [3.8, 4) is 0 Å². The van der Waals surface area contributed by atoms with Gasteiger partial charge in [-0.25, -0.2) is 0 Å². The predicted molar refractivity (Wildman–Crippen MR) is 72.6 cm³/mol. The van der Waals surface area contributed by atoms with Gasteiger partial charge in [0.15, 0.2) is 0 Å². The van der Waals surface area contributed by atoms with Gasteiger partial charge in [0, 0.05) is 31.7 Å². The van der Waals surface area contributed by atoms with Crippen molar-refractivity contribution in [1.82, 2.24) is 10.2 Å². The number of nitrogen functional groups attached to an aromatic ring is 2. The van der Waals surface area contributed by atoms with Crippen molar-refractivity contribution in [3.05, 3.63) is 23.8 Å². The molecule has 4 heteroatoms. The summed E-state index contributed by atoms with van der Waals surface area (Å²) in [6.07, 6.45) is 0. The second kappa shape index (κ2) is 4.94. The summed E-state index contributed by atoms with van der Waals surface area (Å²) in [5.74, 6) is 0. The fourth-order valence-corrected chi connectivity index (χ4v) is 2.55. The zero-order valence-electron chi connectivity index (χ0n) is 10.6. The van der Waals surface area contributed by atoms with Gasteiger partial charge >= 0.3 is 0 Å². The van der Waals surface area contributed by atoms with Crippen molar-refractivity contribution in [1.29, 1.82) is 0 Å². The first-order valence-electron chi connectivity index (χ1n) is 6.17. The fraction of sp³-hybridized carbons (Fsp3) is 0.538. The number of nitrogens with two attached hydrogens (primary N) is 2. The van der Waals surface area contributed by atoms with Gasteiger partial charge in [0.2, 0.25) is 0 Å². The highest BCUT2D eigenvalue weighted by Crippen LogP contribution is 2.18. The summed E-state index contributed by atoms with van der Waals surface area (Å²) in [7, 11) is 0. The van der Waals surface area contributed by atoms with Crippen LogP contribution >= 0.6 is 0 Å². The third kappa shape index (κ3) is 3.11. The molecule has 0 amide bonds. The molecule has 1 aromatic carbocycles. The van der Waals surface area contributed by atoms with Crippen LogP contribution in [0.5, 0.6) is 0 Å². The lowest BCUT2D eigenvalue weighted by molar-refractivity contribution is 0.166. The largest absolute Gasteiger partial charge is 0.397 e. The lowest BCUT2D eigenvalue weighted by atomic mass is 10.1. The van der Waals surface area contributed by atoms with Crippen molar-refractivity contribution in [2.75, 3.05) is 24.6 Å². The highest BCUT2D eigenvalue weighted by atomic mass is 15.2. The number of piperazine rings is 1. The number of hydrogen-bond donors (Lipinski definition) is 3. The Labute approximate surface area is 103 Å². The van der Waals surface area contributed by atoms with E-state index in [0.717, 1.165) is 19.6 Å². The summed E-state index contributed by atoms with van der Waals surface area (Å²) in [5, 5.41) is 3.53. The van der Waals surface area contributed by atoms with Gasteiger partial charge in [-0.15, -0.1) is 0 Å². The number of anilines is 2. The molecule has 94 valence electrons. The summed E-state index contributed by atoms with van der Waals surface area (Å²) in [6, 6.07) is 7.02. The van der Waals surface area contributed by atoms with E-state index in [1.54, 1.807) is 0 Å². The van der Waals surface area contributed by atoms with Crippen LogP contribution in [-0.2, 0) is 6.54 Å². The van der Waals surface area contributed by atoms with E-state index in [2.05, 4.69) is 30.1 Å². The Morgan fingerprint density at radius 2 is 1.82 bits per heavy atom. The number of rotatable bonds is 2. The summed E-state index contributed by atoms with van der Waals surface area (Å²) >= 11 is 0. The minimum absolute atomic E-state index is 0.546. The SMILES string of the molecule is C[C@@H]1CN(Cc2ccc(N)c(N)c2)C[C@H](C)N1. The van der Waals surface area contributed by atoms with Crippen LogP contribution in [0.4, 0.5) is 11.4 Å². The average Bonchev–Trinajstić information content (AvgIpc) is 2.22. The molecule has 1 fully saturated rings. The number of nitrogens with one attached hydrogen (secondary N) is 1. The molecule has 1 saturated heterocycles. The van der Waals surface area contributed by atoms with Gasteiger partial charge in [0.25, 0.3) is 0 Å². The van der Waals surface area contributed by atoms with Crippen molar-refractivity contribution in [3.63, 3.8) is 0 Å². The molecular formula is C13H22N4. The van der Waals surface area contributed by atoms with E-state index in [9.17, 15) is 0 Å². The Balaban J connectivity index is 2.02. The van der Waals surface area contributed by atoms with Gasteiger partial charge in [-0.05, 0) is 31.5 Å². The lowest BCUT2D eigenvalue weighted by Gasteiger charge is -2.36. The van der Waals surface area contributed by atoms with Gasteiger partial charge in [-0.1, -0.05) is 6.07 Å². The summed E-state index contributed by atoms with van der Waals surface area (Å²) in [6.45, 7) is 7.55. The van der Waals surface area contributed by atoms with E-state index in [-0.39, 0.29) is 0 Å². The Kier molecular flexibility index (Phi) is 3.54. The Bertz CT molecular complexity index is 381. The van der Waals surface area contributed by atoms with Crippen LogP contribution in [0.25, 0.3) is 0 Å². The first-order valence-corrected chi connectivity index (χ1v) is 6.17. The predicted octanol–water partition coefficient (Wildman–Crippen LogP) is 1.03. The van der Waals surface area contributed by atoms with Gasteiger partial charge in [-0.2, -0.15) is 0 Å². The molecule has 1 aliphatic rings. The summed E-state index contributed by atoms with van der Waals surface area (Å²) in [5.41, 5.74) is 14.1. The molecule has 0 spiro atoms. The molecule has 2 rings (SSSR count). The van der Waals surface area contributed by atoms with E-state index in [4.69, 9.17) is 11.5 Å². The molecule has 0 aliphatic carbocycles. The van der Waals surface area contributed by atoms with Crippen molar-refractivity contribution >= 4 is 11.4 Å². The molecule has 0 aromatic heterocycles. The first-order chi connectivity index (χ1) is 8.04. The number of benzene rings is 1. The first kappa shape index (κ1) is 12.2. The lowest BCUT2D eigenvalue weighted by Crippen LogP contribution is -2.53. The Morgan fingerprint density at radius 3 is 2.41 bits per heavy atom. The van der Waals surface area contributed by atoms with E-state index in [1.807, 2.05) is 12.1 Å². The maximum atomic E-state index is 5.82.